The molecule has 0 bridgehead atoms. The molecule has 1 amide bonds. The highest BCUT2D eigenvalue weighted by molar-refractivity contribution is 9.10. The van der Waals surface area contributed by atoms with Crippen molar-refractivity contribution in [1.29, 1.82) is 0 Å². The summed E-state index contributed by atoms with van der Waals surface area (Å²) in [6.45, 7) is 2.02. The molecular weight excluding hydrogens is 362 g/mol. The van der Waals surface area contributed by atoms with Gasteiger partial charge in [-0.25, -0.2) is 4.79 Å². The molecule has 1 aromatic carbocycles. The molecule has 0 saturated heterocycles. The van der Waals surface area contributed by atoms with Crippen LogP contribution in [0, 0.1) is 5.92 Å². The third kappa shape index (κ3) is 3.58. The summed E-state index contributed by atoms with van der Waals surface area (Å²) in [5.41, 5.74) is 1.72. The average Bonchev–Trinajstić information content (AvgIpc) is 2.54. The Morgan fingerprint density at radius 3 is 2.78 bits per heavy atom. The van der Waals surface area contributed by atoms with Crippen LogP contribution in [-0.4, -0.2) is 29.2 Å². The van der Waals surface area contributed by atoms with Gasteiger partial charge in [0.1, 0.15) is 0 Å². The molecule has 0 radical (unpaired) electrons. The summed E-state index contributed by atoms with van der Waals surface area (Å²) in [7, 11) is 1.30. The van der Waals surface area contributed by atoms with E-state index in [4.69, 9.17) is 4.74 Å². The van der Waals surface area contributed by atoms with Crippen LogP contribution in [0.3, 0.4) is 0 Å². The predicted octanol–water partition coefficient (Wildman–Crippen LogP) is 4.43. The Morgan fingerprint density at radius 1 is 1.43 bits per heavy atom. The number of rotatable bonds is 5. The fourth-order valence-corrected chi connectivity index (χ4v) is 3.43. The fraction of sp³-hybridized carbons (Fsp3) is 0.412. The molecule has 0 fully saturated rings. The second-order valence-corrected chi connectivity index (χ2v) is 6.32. The smallest absolute Gasteiger partial charge is 0.414 e. The standard InChI is InChI=1S/C17H20BrNO4/c1-3-4-6-13(16(20)21)15-12-7-5-8-14(18)11(12)9-10-19(15)17(22)23-2/h5,7-10,13,15H,3-4,6H2,1-2H3,(H,20,21). The van der Waals surface area contributed by atoms with E-state index in [0.717, 1.165) is 28.4 Å². The van der Waals surface area contributed by atoms with Crippen LogP contribution >= 0.6 is 15.9 Å². The molecule has 1 heterocycles. The number of carboxylic acid groups (broad SMARTS) is 1. The number of unbranched alkanes of at least 4 members (excludes halogenated alkanes) is 1. The fourth-order valence-electron chi connectivity index (χ4n) is 2.92. The van der Waals surface area contributed by atoms with Gasteiger partial charge in [-0.3, -0.25) is 9.69 Å². The lowest BCUT2D eigenvalue weighted by Gasteiger charge is -2.36. The van der Waals surface area contributed by atoms with Gasteiger partial charge in [-0.05, 0) is 29.7 Å². The van der Waals surface area contributed by atoms with Crippen molar-refractivity contribution in [2.75, 3.05) is 7.11 Å². The van der Waals surface area contributed by atoms with Crippen LogP contribution in [0.25, 0.3) is 6.08 Å². The summed E-state index contributed by atoms with van der Waals surface area (Å²) in [4.78, 5) is 25.3. The molecule has 2 atom stereocenters. The van der Waals surface area contributed by atoms with Crippen molar-refractivity contribution < 1.29 is 19.4 Å². The topological polar surface area (TPSA) is 66.8 Å². The van der Waals surface area contributed by atoms with E-state index in [1.807, 2.05) is 25.1 Å². The first kappa shape index (κ1) is 17.5. The molecule has 6 heteroatoms. The minimum absolute atomic E-state index is 0.504. The van der Waals surface area contributed by atoms with E-state index < -0.39 is 24.0 Å². The van der Waals surface area contributed by atoms with Crippen molar-refractivity contribution in [2.45, 2.75) is 32.2 Å². The lowest BCUT2D eigenvalue weighted by atomic mass is 9.84. The zero-order chi connectivity index (χ0) is 17.0. The van der Waals surface area contributed by atoms with Crippen LogP contribution < -0.4 is 0 Å². The molecule has 124 valence electrons. The zero-order valence-electron chi connectivity index (χ0n) is 13.2. The first-order chi connectivity index (χ1) is 11.0. The van der Waals surface area contributed by atoms with Gasteiger partial charge < -0.3 is 9.84 Å². The van der Waals surface area contributed by atoms with E-state index in [2.05, 4.69) is 15.9 Å². The van der Waals surface area contributed by atoms with Crippen molar-refractivity contribution in [3.63, 3.8) is 0 Å². The minimum atomic E-state index is -0.904. The highest BCUT2D eigenvalue weighted by atomic mass is 79.9. The molecule has 2 unspecified atom stereocenters. The summed E-state index contributed by atoms with van der Waals surface area (Å²) in [5.74, 6) is -1.59. The Balaban J connectivity index is 2.52. The van der Waals surface area contributed by atoms with Crippen molar-refractivity contribution in [1.82, 2.24) is 4.90 Å². The monoisotopic (exact) mass is 381 g/mol. The van der Waals surface area contributed by atoms with Crippen molar-refractivity contribution in [2.24, 2.45) is 5.92 Å². The SMILES string of the molecule is CCCCC(C(=O)O)C1c2cccc(Br)c2C=CN1C(=O)OC. The summed E-state index contributed by atoms with van der Waals surface area (Å²) in [6.07, 6.45) is 5.03. The van der Waals surface area contributed by atoms with Gasteiger partial charge >= 0.3 is 12.1 Å². The molecule has 1 aliphatic rings. The number of ether oxygens (including phenoxy) is 1. The number of benzene rings is 1. The first-order valence-corrected chi connectivity index (χ1v) is 8.36. The summed E-state index contributed by atoms with van der Waals surface area (Å²) in [5, 5.41) is 9.70. The summed E-state index contributed by atoms with van der Waals surface area (Å²) in [6, 6.07) is 5.04. The number of carbonyl (C=O) groups excluding carboxylic acids is 1. The highest BCUT2D eigenvalue weighted by Gasteiger charge is 2.38. The second kappa shape index (κ2) is 7.64. The molecule has 2 rings (SSSR count). The zero-order valence-corrected chi connectivity index (χ0v) is 14.7. The maximum atomic E-state index is 12.1. The van der Waals surface area contributed by atoms with E-state index in [1.165, 1.54) is 12.0 Å². The van der Waals surface area contributed by atoms with E-state index in [9.17, 15) is 14.7 Å². The van der Waals surface area contributed by atoms with Crippen LogP contribution in [0.2, 0.25) is 0 Å². The number of nitrogens with zero attached hydrogens (tertiary/aromatic N) is 1. The van der Waals surface area contributed by atoms with E-state index in [1.54, 1.807) is 12.3 Å². The van der Waals surface area contributed by atoms with Crippen LogP contribution in [-0.2, 0) is 9.53 Å². The number of hydrogen-bond donors (Lipinski definition) is 1. The third-order valence-electron chi connectivity index (χ3n) is 4.06. The van der Waals surface area contributed by atoms with Crippen molar-refractivity contribution in [3.05, 3.63) is 40.0 Å². The molecular formula is C17H20BrNO4. The lowest BCUT2D eigenvalue weighted by molar-refractivity contribution is -0.144. The maximum Gasteiger partial charge on any atom is 0.414 e. The van der Waals surface area contributed by atoms with Gasteiger partial charge in [0.05, 0.1) is 19.1 Å². The maximum absolute atomic E-state index is 12.1. The number of carboxylic acids is 1. The molecule has 0 aliphatic carbocycles. The van der Waals surface area contributed by atoms with Crippen molar-refractivity contribution in [3.8, 4) is 0 Å². The normalized spacial score (nSPS) is 17.5. The van der Waals surface area contributed by atoms with Gasteiger partial charge in [0, 0.05) is 10.7 Å². The molecule has 0 spiro atoms. The Bertz CT molecular complexity index is 629. The molecule has 23 heavy (non-hydrogen) atoms. The van der Waals surface area contributed by atoms with E-state index >= 15 is 0 Å². The summed E-state index contributed by atoms with van der Waals surface area (Å²) < 4.78 is 5.71. The number of hydrogen-bond acceptors (Lipinski definition) is 3. The number of fused-ring (bicyclic) bond motifs is 1. The van der Waals surface area contributed by atoms with Gasteiger partial charge in [-0.2, -0.15) is 0 Å². The Morgan fingerprint density at radius 2 is 2.17 bits per heavy atom. The number of aliphatic carboxylic acids is 1. The van der Waals surface area contributed by atoms with Gasteiger partial charge in [-0.15, -0.1) is 0 Å². The quantitative estimate of drug-likeness (QED) is 0.818. The Labute approximate surface area is 144 Å². The lowest BCUT2D eigenvalue weighted by Crippen LogP contribution is -2.39. The molecule has 5 nitrogen and oxygen atoms in total. The van der Waals surface area contributed by atoms with E-state index in [-0.39, 0.29) is 0 Å². The Hall–Kier alpha value is -1.82. The van der Waals surface area contributed by atoms with Crippen LogP contribution in [0.15, 0.2) is 28.9 Å². The van der Waals surface area contributed by atoms with Gasteiger partial charge in [0.25, 0.3) is 0 Å². The van der Waals surface area contributed by atoms with Crippen molar-refractivity contribution >= 4 is 34.1 Å². The third-order valence-corrected chi connectivity index (χ3v) is 4.75. The molecule has 1 aromatic rings. The van der Waals surface area contributed by atoms with E-state index in [0.29, 0.717) is 6.42 Å². The Kier molecular flexibility index (Phi) is 5.82. The van der Waals surface area contributed by atoms with Gasteiger partial charge in [0.15, 0.2) is 0 Å². The molecule has 1 aliphatic heterocycles. The molecule has 0 saturated carbocycles. The largest absolute Gasteiger partial charge is 0.481 e. The number of halogens is 1. The molecule has 1 N–H and O–H groups in total. The summed E-state index contributed by atoms with van der Waals surface area (Å²) >= 11 is 3.49. The second-order valence-electron chi connectivity index (χ2n) is 5.47. The number of methoxy groups -OCH3 is 1. The molecule has 0 aromatic heterocycles. The van der Waals surface area contributed by atoms with Crippen LogP contribution in [0.1, 0.15) is 43.4 Å². The minimum Gasteiger partial charge on any atom is -0.481 e. The average molecular weight is 382 g/mol. The number of amides is 1. The van der Waals surface area contributed by atoms with Crippen LogP contribution in [0.5, 0.6) is 0 Å². The van der Waals surface area contributed by atoms with Gasteiger partial charge in [0.2, 0.25) is 0 Å². The number of carbonyl (C=O) groups is 2. The van der Waals surface area contributed by atoms with Crippen LogP contribution in [0.4, 0.5) is 4.79 Å². The van der Waals surface area contributed by atoms with Gasteiger partial charge in [-0.1, -0.05) is 47.8 Å². The predicted molar refractivity (Wildman–Crippen MR) is 90.8 cm³/mol. The highest BCUT2D eigenvalue weighted by Crippen LogP contribution is 2.40. The first-order valence-electron chi connectivity index (χ1n) is 7.57.